The molecule has 2 amide bonds. The number of ether oxygens (including phenoxy) is 1. The largest absolute Gasteiger partial charge is 0.481 e. The molecule has 3 heterocycles. The van der Waals surface area contributed by atoms with Gasteiger partial charge in [-0.05, 0) is 24.3 Å². The fourth-order valence-corrected chi connectivity index (χ4v) is 3.93. The van der Waals surface area contributed by atoms with Gasteiger partial charge in [0.15, 0.2) is 0 Å². The van der Waals surface area contributed by atoms with Gasteiger partial charge in [-0.25, -0.2) is 0 Å². The van der Waals surface area contributed by atoms with Crippen LogP contribution in [0.2, 0.25) is 0 Å². The number of benzene rings is 1. The van der Waals surface area contributed by atoms with Gasteiger partial charge in [0.05, 0.1) is 18.6 Å². The first-order chi connectivity index (χ1) is 11.4. The van der Waals surface area contributed by atoms with E-state index in [0.717, 1.165) is 0 Å². The third-order valence-corrected chi connectivity index (χ3v) is 4.88. The van der Waals surface area contributed by atoms with Gasteiger partial charge in [0, 0.05) is 18.3 Å². The molecule has 3 aliphatic heterocycles. The van der Waals surface area contributed by atoms with Crippen molar-refractivity contribution in [2.45, 2.75) is 18.6 Å². The van der Waals surface area contributed by atoms with Gasteiger partial charge in [-0.2, -0.15) is 0 Å². The number of hydrogen-bond donors (Lipinski definition) is 2. The third-order valence-electron chi connectivity index (χ3n) is 4.88. The van der Waals surface area contributed by atoms with Gasteiger partial charge >= 0.3 is 5.97 Å². The van der Waals surface area contributed by atoms with E-state index in [1.807, 2.05) is 6.08 Å². The molecule has 4 rings (SSSR count). The van der Waals surface area contributed by atoms with E-state index < -0.39 is 29.5 Å². The van der Waals surface area contributed by atoms with Crippen molar-refractivity contribution >= 4 is 29.2 Å². The Morgan fingerprint density at radius 3 is 2.67 bits per heavy atom. The number of carboxylic acid groups (broad SMARTS) is 1. The summed E-state index contributed by atoms with van der Waals surface area (Å²) >= 11 is 0. The van der Waals surface area contributed by atoms with E-state index in [-0.39, 0.29) is 11.8 Å². The predicted octanol–water partition coefficient (Wildman–Crippen LogP) is 1.02. The third kappa shape index (κ3) is 1.98. The fraction of sp³-hybridized carbons (Fsp3) is 0.353. The summed E-state index contributed by atoms with van der Waals surface area (Å²) in [7, 11) is 0. The summed E-state index contributed by atoms with van der Waals surface area (Å²) in [5, 5.41) is 12.1. The average molecular weight is 328 g/mol. The fourth-order valence-electron chi connectivity index (χ4n) is 3.93. The van der Waals surface area contributed by atoms with Crippen LogP contribution in [0.15, 0.2) is 36.4 Å². The molecule has 24 heavy (non-hydrogen) atoms. The molecule has 0 aromatic heterocycles. The molecule has 0 saturated carbocycles. The van der Waals surface area contributed by atoms with Crippen LogP contribution in [-0.4, -0.2) is 41.1 Å². The lowest BCUT2D eigenvalue weighted by Crippen LogP contribution is -2.39. The van der Waals surface area contributed by atoms with E-state index in [2.05, 4.69) is 5.32 Å². The smallest absolute Gasteiger partial charge is 0.310 e. The molecular formula is C17H16N2O5. The number of aliphatic carboxylic acids is 1. The maximum Gasteiger partial charge on any atom is 0.310 e. The molecule has 1 aromatic carbocycles. The molecule has 4 atom stereocenters. The number of carboxylic acids is 1. The lowest BCUT2D eigenvalue weighted by atomic mass is 9.77. The molecule has 3 aliphatic rings. The molecule has 0 radical (unpaired) electrons. The number of nitrogens with zero attached hydrogens (tertiary/aromatic N) is 1. The topological polar surface area (TPSA) is 95.9 Å². The van der Waals surface area contributed by atoms with Crippen molar-refractivity contribution in [3.63, 3.8) is 0 Å². The molecule has 7 nitrogen and oxygen atoms in total. The zero-order chi connectivity index (χ0) is 17.1. The number of anilines is 2. The summed E-state index contributed by atoms with van der Waals surface area (Å²) in [6.07, 6.45) is 3.04. The lowest BCUT2D eigenvalue weighted by molar-refractivity contribution is -0.146. The van der Waals surface area contributed by atoms with Gasteiger partial charge in [0.25, 0.3) is 0 Å². The van der Waals surface area contributed by atoms with Crippen LogP contribution in [0.5, 0.6) is 0 Å². The second-order valence-electron chi connectivity index (χ2n) is 6.39. The molecule has 0 aliphatic carbocycles. The summed E-state index contributed by atoms with van der Waals surface area (Å²) in [6.45, 7) is 1.72. The van der Waals surface area contributed by atoms with Gasteiger partial charge < -0.3 is 20.1 Å². The average Bonchev–Trinajstić information content (AvgIpc) is 3.16. The Morgan fingerprint density at radius 1 is 1.33 bits per heavy atom. The van der Waals surface area contributed by atoms with Crippen LogP contribution in [0.3, 0.4) is 0 Å². The molecule has 1 aromatic rings. The SMILES string of the molecule is CC(=O)Nc1ccc(N2C[C@]34C=C[C@H](O3)[C@H](C(=O)O)[C@@H]4C2=O)cc1. The van der Waals surface area contributed by atoms with E-state index in [0.29, 0.717) is 17.9 Å². The number of carbonyl (C=O) groups excluding carboxylic acids is 2. The Kier molecular flexibility index (Phi) is 3.05. The van der Waals surface area contributed by atoms with Gasteiger partial charge in [-0.3, -0.25) is 14.4 Å². The summed E-state index contributed by atoms with van der Waals surface area (Å²) in [5.41, 5.74) is 0.445. The van der Waals surface area contributed by atoms with Crippen molar-refractivity contribution in [3.8, 4) is 0 Å². The van der Waals surface area contributed by atoms with Gasteiger partial charge in [-0.1, -0.05) is 12.2 Å². The Balaban J connectivity index is 1.63. The van der Waals surface area contributed by atoms with Crippen LogP contribution >= 0.6 is 0 Å². The summed E-state index contributed by atoms with van der Waals surface area (Å²) in [4.78, 5) is 37.0. The standard InChI is InChI=1S/C17H16N2O5/c1-9(20)18-10-2-4-11(5-3-10)19-8-17-7-6-12(24-17)13(16(22)23)14(17)15(19)21/h2-7,12-14H,8H2,1H3,(H,18,20)(H,22,23)/t12-,13-,14+,17-/m0/s1. The highest BCUT2D eigenvalue weighted by Crippen LogP contribution is 2.52. The molecule has 124 valence electrons. The normalized spacial score (nSPS) is 33.0. The highest BCUT2D eigenvalue weighted by atomic mass is 16.5. The Labute approximate surface area is 137 Å². The molecule has 2 saturated heterocycles. The van der Waals surface area contributed by atoms with Crippen LogP contribution in [0.4, 0.5) is 11.4 Å². The quantitative estimate of drug-likeness (QED) is 0.808. The maximum absolute atomic E-state index is 12.8. The minimum atomic E-state index is -1.01. The zero-order valence-corrected chi connectivity index (χ0v) is 12.9. The van der Waals surface area contributed by atoms with Gasteiger partial charge in [0.2, 0.25) is 11.8 Å². The highest BCUT2D eigenvalue weighted by molar-refractivity contribution is 6.02. The van der Waals surface area contributed by atoms with Crippen LogP contribution in [0.25, 0.3) is 0 Å². The summed E-state index contributed by atoms with van der Waals surface area (Å²) < 4.78 is 5.84. The number of hydrogen-bond acceptors (Lipinski definition) is 4. The van der Waals surface area contributed by atoms with Crippen LogP contribution in [-0.2, 0) is 19.1 Å². The number of fused-ring (bicyclic) bond motifs is 1. The monoisotopic (exact) mass is 328 g/mol. The highest BCUT2D eigenvalue weighted by Gasteiger charge is 2.67. The van der Waals surface area contributed by atoms with Crippen LogP contribution in [0.1, 0.15) is 6.92 Å². The molecular weight excluding hydrogens is 312 g/mol. The van der Waals surface area contributed by atoms with Crippen molar-refractivity contribution in [1.82, 2.24) is 0 Å². The molecule has 2 N–H and O–H groups in total. The summed E-state index contributed by atoms with van der Waals surface area (Å²) in [5.74, 6) is -2.95. The molecule has 7 heteroatoms. The number of rotatable bonds is 3. The number of carbonyl (C=O) groups is 3. The van der Waals surface area contributed by atoms with Gasteiger partial charge in [0.1, 0.15) is 11.5 Å². The maximum atomic E-state index is 12.8. The second kappa shape index (κ2) is 4.91. The first kappa shape index (κ1) is 14.9. The van der Waals surface area contributed by atoms with Crippen molar-refractivity contribution in [2.75, 3.05) is 16.8 Å². The van der Waals surface area contributed by atoms with Crippen molar-refractivity contribution < 1.29 is 24.2 Å². The molecule has 1 spiro atoms. The Bertz CT molecular complexity index is 772. The predicted molar refractivity (Wildman–Crippen MR) is 84.5 cm³/mol. The lowest BCUT2D eigenvalue weighted by Gasteiger charge is -2.21. The van der Waals surface area contributed by atoms with E-state index in [1.54, 1.807) is 35.2 Å². The van der Waals surface area contributed by atoms with E-state index in [1.165, 1.54) is 6.92 Å². The van der Waals surface area contributed by atoms with E-state index in [9.17, 15) is 19.5 Å². The first-order valence-corrected chi connectivity index (χ1v) is 7.70. The van der Waals surface area contributed by atoms with E-state index in [4.69, 9.17) is 4.74 Å². The van der Waals surface area contributed by atoms with Crippen molar-refractivity contribution in [3.05, 3.63) is 36.4 Å². The Hall–Kier alpha value is -2.67. The van der Waals surface area contributed by atoms with Crippen molar-refractivity contribution in [2.24, 2.45) is 11.8 Å². The summed E-state index contributed by atoms with van der Waals surface area (Å²) in [6, 6.07) is 6.87. The first-order valence-electron chi connectivity index (χ1n) is 7.70. The van der Waals surface area contributed by atoms with Crippen molar-refractivity contribution in [1.29, 1.82) is 0 Å². The van der Waals surface area contributed by atoms with Crippen LogP contribution < -0.4 is 10.2 Å². The van der Waals surface area contributed by atoms with E-state index >= 15 is 0 Å². The second-order valence-corrected chi connectivity index (χ2v) is 6.39. The van der Waals surface area contributed by atoms with Crippen LogP contribution in [0, 0.1) is 11.8 Å². The zero-order valence-electron chi connectivity index (χ0n) is 12.9. The minimum Gasteiger partial charge on any atom is -0.481 e. The number of amides is 2. The minimum absolute atomic E-state index is 0.173. The van der Waals surface area contributed by atoms with Gasteiger partial charge in [-0.15, -0.1) is 0 Å². The molecule has 0 unspecified atom stereocenters. The molecule has 2 fully saturated rings. The molecule has 2 bridgehead atoms. The Morgan fingerprint density at radius 2 is 2.04 bits per heavy atom. The number of nitrogens with one attached hydrogen (secondary N) is 1.